The van der Waals surface area contributed by atoms with Crippen LogP contribution < -0.4 is 0 Å². The van der Waals surface area contributed by atoms with Crippen molar-refractivity contribution in [3.05, 3.63) is 22.6 Å². The van der Waals surface area contributed by atoms with Crippen molar-refractivity contribution in [2.45, 2.75) is 25.8 Å². The Labute approximate surface area is 134 Å². The van der Waals surface area contributed by atoms with E-state index in [2.05, 4.69) is 39.7 Å². The summed E-state index contributed by atoms with van der Waals surface area (Å²) < 4.78 is 11.6. The highest BCUT2D eigenvalue weighted by Crippen LogP contribution is 2.35. The fraction of sp³-hybridized carbons (Fsp3) is 0.667. The second-order valence-electron chi connectivity index (χ2n) is 5.65. The molecule has 1 fully saturated rings. The summed E-state index contributed by atoms with van der Waals surface area (Å²) in [6.07, 6.45) is 0.296. The second kappa shape index (κ2) is 6.94. The van der Waals surface area contributed by atoms with Crippen LogP contribution in [0, 0.1) is 0 Å². The average molecular weight is 359 g/mol. The smallest absolute Gasteiger partial charge is 0.308 e. The van der Waals surface area contributed by atoms with Gasteiger partial charge in [-0.15, -0.1) is 0 Å². The first-order chi connectivity index (χ1) is 9.95. The molecule has 0 spiro atoms. The highest BCUT2D eigenvalue weighted by atomic mass is 79.9. The second-order valence-corrected chi connectivity index (χ2v) is 6.43. The van der Waals surface area contributed by atoms with E-state index in [1.54, 1.807) is 0 Å². The van der Waals surface area contributed by atoms with Crippen molar-refractivity contribution in [1.82, 2.24) is 9.80 Å². The number of piperazine rings is 1. The first kappa shape index (κ1) is 16.5. The molecular formula is C15H23BrN2O3. The van der Waals surface area contributed by atoms with Crippen LogP contribution >= 0.6 is 15.9 Å². The Morgan fingerprint density at radius 2 is 2.05 bits per heavy atom. The molecule has 1 saturated heterocycles. The van der Waals surface area contributed by atoms with Crippen LogP contribution in [-0.2, 0) is 15.1 Å². The summed E-state index contributed by atoms with van der Waals surface area (Å²) in [6, 6.07) is 3.80. The van der Waals surface area contributed by atoms with E-state index in [9.17, 15) is 4.79 Å². The third kappa shape index (κ3) is 3.87. The van der Waals surface area contributed by atoms with Crippen molar-refractivity contribution < 1.29 is 13.9 Å². The van der Waals surface area contributed by atoms with E-state index < -0.39 is 5.54 Å². The molecule has 1 atom stereocenters. The van der Waals surface area contributed by atoms with Gasteiger partial charge in [0, 0.05) is 26.2 Å². The number of furan rings is 1. The quantitative estimate of drug-likeness (QED) is 0.756. The van der Waals surface area contributed by atoms with Crippen LogP contribution in [0.3, 0.4) is 0 Å². The summed E-state index contributed by atoms with van der Waals surface area (Å²) in [7, 11) is 2.11. The molecule has 0 saturated carbocycles. The van der Waals surface area contributed by atoms with Gasteiger partial charge in [-0.1, -0.05) is 0 Å². The van der Waals surface area contributed by atoms with Gasteiger partial charge in [-0.05, 0) is 49.0 Å². The predicted octanol–water partition coefficient (Wildman–Crippen LogP) is 2.46. The maximum Gasteiger partial charge on any atom is 0.308 e. The molecule has 0 aromatic carbocycles. The molecule has 0 amide bonds. The number of esters is 1. The summed E-state index contributed by atoms with van der Waals surface area (Å²) in [5.74, 6) is 0.610. The molecule has 1 aliphatic heterocycles. The first-order valence-corrected chi connectivity index (χ1v) is 8.10. The Bertz CT molecular complexity index is 483. The summed E-state index contributed by atoms with van der Waals surface area (Å²) in [4.78, 5) is 16.6. The Hall–Kier alpha value is -0.850. The van der Waals surface area contributed by atoms with Gasteiger partial charge in [-0.2, -0.15) is 0 Å². The molecule has 118 valence electrons. The van der Waals surface area contributed by atoms with Crippen LogP contribution in [0.15, 0.2) is 21.2 Å². The highest BCUT2D eigenvalue weighted by molar-refractivity contribution is 9.10. The lowest BCUT2D eigenvalue weighted by atomic mass is 9.91. The zero-order chi connectivity index (χ0) is 15.5. The van der Waals surface area contributed by atoms with Crippen LogP contribution in [0.25, 0.3) is 0 Å². The Morgan fingerprint density at radius 1 is 1.38 bits per heavy atom. The van der Waals surface area contributed by atoms with E-state index in [1.807, 2.05) is 19.1 Å². The van der Waals surface area contributed by atoms with Crippen LogP contribution in [0.5, 0.6) is 0 Å². The first-order valence-electron chi connectivity index (χ1n) is 7.30. The minimum atomic E-state index is -0.473. The van der Waals surface area contributed by atoms with Gasteiger partial charge >= 0.3 is 5.97 Å². The Morgan fingerprint density at radius 3 is 2.57 bits per heavy atom. The number of carbonyl (C=O) groups excluding carboxylic acids is 1. The maximum atomic E-state index is 12.0. The molecule has 6 heteroatoms. The monoisotopic (exact) mass is 358 g/mol. The molecule has 0 N–H and O–H groups in total. The number of hydrogen-bond donors (Lipinski definition) is 0. The van der Waals surface area contributed by atoms with E-state index >= 15 is 0 Å². The van der Waals surface area contributed by atoms with Crippen molar-refractivity contribution in [3.8, 4) is 0 Å². The van der Waals surface area contributed by atoms with E-state index in [1.165, 1.54) is 0 Å². The zero-order valence-electron chi connectivity index (χ0n) is 12.9. The molecule has 1 aromatic rings. The lowest BCUT2D eigenvalue weighted by Gasteiger charge is -2.43. The molecule has 5 nitrogen and oxygen atoms in total. The molecular weight excluding hydrogens is 336 g/mol. The van der Waals surface area contributed by atoms with E-state index in [4.69, 9.17) is 9.15 Å². The number of ether oxygens (including phenoxy) is 1. The minimum Gasteiger partial charge on any atom is -0.466 e. The summed E-state index contributed by atoms with van der Waals surface area (Å²) in [6.45, 7) is 8.07. The van der Waals surface area contributed by atoms with Gasteiger partial charge in [0.2, 0.25) is 0 Å². The zero-order valence-corrected chi connectivity index (χ0v) is 14.5. The van der Waals surface area contributed by atoms with Gasteiger partial charge in [-0.3, -0.25) is 9.69 Å². The molecule has 0 bridgehead atoms. The minimum absolute atomic E-state index is 0.188. The number of hydrogen-bond acceptors (Lipinski definition) is 5. The third-order valence-electron chi connectivity index (χ3n) is 4.10. The van der Waals surface area contributed by atoms with Gasteiger partial charge in [0.1, 0.15) is 5.76 Å². The molecule has 2 heterocycles. The van der Waals surface area contributed by atoms with Crippen LogP contribution in [0.2, 0.25) is 0 Å². The van der Waals surface area contributed by atoms with Crippen LogP contribution in [0.4, 0.5) is 0 Å². The lowest BCUT2D eigenvalue weighted by Crippen LogP contribution is -2.54. The maximum absolute atomic E-state index is 12.0. The fourth-order valence-electron chi connectivity index (χ4n) is 2.75. The highest BCUT2D eigenvalue weighted by Gasteiger charge is 2.40. The molecule has 0 radical (unpaired) electrons. The Kier molecular flexibility index (Phi) is 5.46. The van der Waals surface area contributed by atoms with Crippen LogP contribution in [-0.4, -0.2) is 55.6 Å². The largest absolute Gasteiger partial charge is 0.466 e. The van der Waals surface area contributed by atoms with Crippen molar-refractivity contribution in [1.29, 1.82) is 0 Å². The van der Waals surface area contributed by atoms with E-state index in [-0.39, 0.29) is 5.97 Å². The SMILES string of the molecule is CCOC(=O)CC(C)(c1ccc(Br)o1)N1CCN(C)CC1. The molecule has 21 heavy (non-hydrogen) atoms. The fourth-order valence-corrected chi connectivity index (χ4v) is 3.06. The van der Waals surface area contributed by atoms with E-state index in [0.29, 0.717) is 17.7 Å². The van der Waals surface area contributed by atoms with Crippen molar-refractivity contribution in [2.75, 3.05) is 39.8 Å². The molecule has 0 aliphatic carbocycles. The topological polar surface area (TPSA) is 45.9 Å². The predicted molar refractivity (Wildman–Crippen MR) is 84.1 cm³/mol. The molecule has 2 rings (SSSR count). The number of halogens is 1. The normalized spacial score (nSPS) is 20.2. The Balaban J connectivity index is 2.23. The number of carbonyl (C=O) groups is 1. The van der Waals surface area contributed by atoms with Crippen LogP contribution in [0.1, 0.15) is 26.0 Å². The van der Waals surface area contributed by atoms with Gasteiger partial charge < -0.3 is 14.1 Å². The van der Waals surface area contributed by atoms with Gasteiger partial charge in [0.15, 0.2) is 4.67 Å². The number of nitrogens with zero attached hydrogens (tertiary/aromatic N) is 2. The summed E-state index contributed by atoms with van der Waals surface area (Å²) in [5.41, 5.74) is -0.473. The lowest BCUT2D eigenvalue weighted by molar-refractivity contribution is -0.147. The van der Waals surface area contributed by atoms with E-state index in [0.717, 1.165) is 31.9 Å². The molecule has 1 unspecified atom stereocenters. The van der Waals surface area contributed by atoms with Crippen molar-refractivity contribution in [2.24, 2.45) is 0 Å². The summed E-state index contributed by atoms with van der Waals surface area (Å²) >= 11 is 3.35. The molecule has 1 aromatic heterocycles. The van der Waals surface area contributed by atoms with Gasteiger partial charge in [0.05, 0.1) is 18.6 Å². The molecule has 1 aliphatic rings. The van der Waals surface area contributed by atoms with Crippen molar-refractivity contribution >= 4 is 21.9 Å². The third-order valence-corrected chi connectivity index (χ3v) is 4.53. The number of likely N-dealkylation sites (N-methyl/N-ethyl adjacent to an activating group) is 1. The van der Waals surface area contributed by atoms with Crippen molar-refractivity contribution in [3.63, 3.8) is 0 Å². The number of rotatable bonds is 5. The van der Waals surface area contributed by atoms with Gasteiger partial charge in [0.25, 0.3) is 0 Å². The summed E-state index contributed by atoms with van der Waals surface area (Å²) in [5, 5.41) is 0. The average Bonchev–Trinajstić information content (AvgIpc) is 2.87. The standard InChI is InChI=1S/C15H23BrN2O3/c1-4-20-14(19)11-15(2,12-5-6-13(16)21-12)18-9-7-17(3)8-10-18/h5-6H,4,7-11H2,1-3H3. The van der Waals surface area contributed by atoms with Gasteiger partial charge in [-0.25, -0.2) is 0 Å².